The molecule has 0 unspecified atom stereocenters. The zero-order valence-corrected chi connectivity index (χ0v) is 13.0. The molecule has 0 saturated carbocycles. The molecule has 0 aliphatic rings. The van der Waals surface area contributed by atoms with Gasteiger partial charge in [-0.2, -0.15) is 0 Å². The van der Waals surface area contributed by atoms with Gasteiger partial charge in [-0.3, -0.25) is 0 Å². The number of nitrogens with zero attached hydrogens (tertiary/aromatic N) is 1. The molecule has 19 heavy (non-hydrogen) atoms. The Hall–Kier alpha value is -0.920. The Kier molecular flexibility index (Phi) is 4.59. The van der Waals surface area contributed by atoms with Crippen molar-refractivity contribution in [1.29, 1.82) is 0 Å². The van der Waals surface area contributed by atoms with Crippen molar-refractivity contribution in [3.63, 3.8) is 0 Å². The number of benzene rings is 1. The third-order valence-corrected chi connectivity index (χ3v) is 5.07. The van der Waals surface area contributed by atoms with Gasteiger partial charge in [0.15, 0.2) is 4.34 Å². The van der Waals surface area contributed by atoms with Gasteiger partial charge in [-0.05, 0) is 30.7 Å². The van der Waals surface area contributed by atoms with Gasteiger partial charge in [0.2, 0.25) is 0 Å². The highest BCUT2D eigenvalue weighted by molar-refractivity contribution is 9.10. The van der Waals surface area contributed by atoms with Crippen LogP contribution in [0.15, 0.2) is 27.0 Å². The molecule has 0 amide bonds. The second kappa shape index (κ2) is 6.02. The summed E-state index contributed by atoms with van der Waals surface area (Å²) < 4.78 is 14.6. The molecule has 0 bridgehead atoms. The third kappa shape index (κ3) is 3.77. The van der Waals surface area contributed by atoms with Gasteiger partial charge < -0.3 is 5.11 Å². The van der Waals surface area contributed by atoms with Gasteiger partial charge in [-0.25, -0.2) is 14.2 Å². The van der Waals surface area contributed by atoms with Crippen molar-refractivity contribution >= 4 is 45.0 Å². The van der Waals surface area contributed by atoms with E-state index in [1.165, 1.54) is 23.9 Å². The maximum atomic E-state index is 13.2. The topological polar surface area (TPSA) is 50.2 Å². The van der Waals surface area contributed by atoms with E-state index in [4.69, 9.17) is 5.11 Å². The number of rotatable bonds is 4. The van der Waals surface area contributed by atoms with Gasteiger partial charge in [-0.15, -0.1) is 11.3 Å². The zero-order valence-electron chi connectivity index (χ0n) is 9.81. The minimum atomic E-state index is -0.963. The molecular weight excluding hydrogens is 353 g/mol. The monoisotopic (exact) mass is 361 g/mol. The first-order chi connectivity index (χ1) is 8.95. The number of hydrogen-bond acceptors (Lipinski definition) is 4. The van der Waals surface area contributed by atoms with Crippen LogP contribution in [0.25, 0.3) is 0 Å². The second-order valence-electron chi connectivity index (χ2n) is 3.77. The SMILES string of the molecule is Cc1nc(SCc2cc(F)cc(Br)c2)sc1C(=O)O. The van der Waals surface area contributed by atoms with Crippen LogP contribution < -0.4 is 0 Å². The molecule has 0 fully saturated rings. The number of hydrogen-bond donors (Lipinski definition) is 1. The minimum absolute atomic E-state index is 0.253. The fraction of sp³-hybridized carbons (Fsp3) is 0.167. The summed E-state index contributed by atoms with van der Waals surface area (Å²) in [5.74, 6) is -0.718. The van der Waals surface area contributed by atoms with E-state index < -0.39 is 5.97 Å². The van der Waals surface area contributed by atoms with E-state index in [0.29, 0.717) is 20.3 Å². The molecule has 0 aliphatic heterocycles. The number of halogens is 2. The van der Waals surface area contributed by atoms with Crippen molar-refractivity contribution in [3.05, 3.63) is 44.6 Å². The van der Waals surface area contributed by atoms with Gasteiger partial charge in [-0.1, -0.05) is 27.7 Å². The highest BCUT2D eigenvalue weighted by Gasteiger charge is 2.14. The molecule has 1 heterocycles. The van der Waals surface area contributed by atoms with Crippen molar-refractivity contribution < 1.29 is 14.3 Å². The van der Waals surface area contributed by atoms with E-state index in [-0.39, 0.29) is 10.7 Å². The Bertz CT molecular complexity index is 610. The molecule has 3 nitrogen and oxygen atoms in total. The molecule has 7 heteroatoms. The first-order valence-corrected chi connectivity index (χ1v) is 7.83. The first-order valence-electron chi connectivity index (χ1n) is 5.24. The van der Waals surface area contributed by atoms with E-state index in [1.54, 1.807) is 6.92 Å². The maximum Gasteiger partial charge on any atom is 0.347 e. The van der Waals surface area contributed by atoms with Gasteiger partial charge >= 0.3 is 5.97 Å². The molecule has 1 aromatic heterocycles. The number of carbonyl (C=O) groups is 1. The number of aryl methyl sites for hydroxylation is 1. The first kappa shape index (κ1) is 14.5. The van der Waals surface area contributed by atoms with Crippen LogP contribution in [0, 0.1) is 12.7 Å². The second-order valence-corrected chi connectivity index (χ2v) is 6.90. The summed E-state index contributed by atoms with van der Waals surface area (Å²) in [6.45, 7) is 1.67. The van der Waals surface area contributed by atoms with Gasteiger partial charge in [0, 0.05) is 10.2 Å². The minimum Gasteiger partial charge on any atom is -0.477 e. The van der Waals surface area contributed by atoms with Crippen molar-refractivity contribution in [1.82, 2.24) is 4.98 Å². The zero-order chi connectivity index (χ0) is 14.0. The summed E-state index contributed by atoms with van der Waals surface area (Å²) in [6.07, 6.45) is 0. The molecule has 0 spiro atoms. The largest absolute Gasteiger partial charge is 0.477 e. The smallest absolute Gasteiger partial charge is 0.347 e. The normalized spacial score (nSPS) is 10.7. The average molecular weight is 362 g/mol. The van der Waals surface area contributed by atoms with E-state index in [1.807, 2.05) is 6.07 Å². The number of aromatic carboxylic acids is 1. The van der Waals surface area contributed by atoms with Crippen LogP contribution in [0.4, 0.5) is 4.39 Å². The number of aromatic nitrogens is 1. The van der Waals surface area contributed by atoms with E-state index in [2.05, 4.69) is 20.9 Å². The molecule has 0 radical (unpaired) electrons. The average Bonchev–Trinajstić information content (AvgIpc) is 2.67. The Balaban J connectivity index is 2.10. The Morgan fingerprint density at radius 3 is 2.84 bits per heavy atom. The molecule has 1 N–H and O–H groups in total. The van der Waals surface area contributed by atoms with Crippen molar-refractivity contribution in [2.24, 2.45) is 0 Å². The van der Waals surface area contributed by atoms with Gasteiger partial charge in [0.25, 0.3) is 0 Å². The van der Waals surface area contributed by atoms with E-state index in [0.717, 1.165) is 16.9 Å². The van der Waals surface area contributed by atoms with Crippen molar-refractivity contribution in [2.45, 2.75) is 17.0 Å². The number of thiazole rings is 1. The fourth-order valence-electron chi connectivity index (χ4n) is 1.47. The van der Waals surface area contributed by atoms with Crippen molar-refractivity contribution in [2.75, 3.05) is 0 Å². The predicted octanol–water partition coefficient (Wildman–Crippen LogP) is 4.34. The summed E-state index contributed by atoms with van der Waals surface area (Å²) in [7, 11) is 0. The van der Waals surface area contributed by atoms with Crippen LogP contribution >= 0.6 is 39.0 Å². The van der Waals surface area contributed by atoms with E-state index >= 15 is 0 Å². The van der Waals surface area contributed by atoms with E-state index in [9.17, 15) is 9.18 Å². The summed E-state index contributed by atoms with van der Waals surface area (Å²) >= 11 is 5.78. The molecule has 0 saturated heterocycles. The summed E-state index contributed by atoms with van der Waals surface area (Å²) in [6, 6.07) is 4.68. The molecule has 1 aromatic carbocycles. The number of carboxylic acid groups (broad SMARTS) is 1. The molecule has 2 aromatic rings. The summed E-state index contributed by atoms with van der Waals surface area (Å²) in [4.78, 5) is 15.3. The lowest BCUT2D eigenvalue weighted by atomic mass is 10.2. The van der Waals surface area contributed by atoms with Gasteiger partial charge in [0.1, 0.15) is 10.7 Å². The fourth-order valence-corrected chi connectivity index (χ4v) is 3.94. The predicted molar refractivity (Wildman–Crippen MR) is 77.5 cm³/mol. The van der Waals surface area contributed by atoms with Gasteiger partial charge in [0.05, 0.1) is 5.69 Å². The van der Waals surface area contributed by atoms with Crippen LogP contribution in [0.5, 0.6) is 0 Å². The highest BCUT2D eigenvalue weighted by Crippen LogP contribution is 2.30. The van der Waals surface area contributed by atoms with Crippen LogP contribution in [0.1, 0.15) is 20.9 Å². The number of thioether (sulfide) groups is 1. The highest BCUT2D eigenvalue weighted by atomic mass is 79.9. The molecule has 2 rings (SSSR count). The summed E-state index contributed by atoms with van der Waals surface area (Å²) in [5.41, 5.74) is 1.34. The summed E-state index contributed by atoms with van der Waals surface area (Å²) in [5, 5.41) is 8.94. The van der Waals surface area contributed by atoms with Crippen LogP contribution in [-0.4, -0.2) is 16.1 Å². The Morgan fingerprint density at radius 2 is 2.26 bits per heavy atom. The standard InChI is InChI=1S/C12H9BrFNO2S2/c1-6-10(11(16)17)19-12(15-6)18-5-7-2-8(13)4-9(14)3-7/h2-4H,5H2,1H3,(H,16,17). The quantitative estimate of drug-likeness (QED) is 0.822. The van der Waals surface area contributed by atoms with Crippen LogP contribution in [0.3, 0.4) is 0 Å². The lowest BCUT2D eigenvalue weighted by Crippen LogP contribution is -1.94. The third-order valence-electron chi connectivity index (χ3n) is 2.26. The molecule has 0 atom stereocenters. The Morgan fingerprint density at radius 1 is 1.53 bits per heavy atom. The molecule has 0 aliphatic carbocycles. The van der Waals surface area contributed by atoms with Crippen molar-refractivity contribution in [3.8, 4) is 0 Å². The lowest BCUT2D eigenvalue weighted by Gasteiger charge is -2.00. The maximum absolute atomic E-state index is 13.2. The lowest BCUT2D eigenvalue weighted by molar-refractivity contribution is 0.0701. The Labute approximate surface area is 126 Å². The van der Waals surface area contributed by atoms with Crippen LogP contribution in [-0.2, 0) is 5.75 Å². The number of carboxylic acids is 1. The van der Waals surface area contributed by atoms with Crippen LogP contribution in [0.2, 0.25) is 0 Å². The molecular formula is C12H9BrFNO2S2. The molecule has 100 valence electrons.